The van der Waals surface area contributed by atoms with Gasteiger partial charge in [0.05, 0.1) is 21.7 Å². The van der Waals surface area contributed by atoms with Crippen LogP contribution in [0.25, 0.3) is 16.7 Å². The minimum atomic E-state index is -3.51. The molecule has 0 unspecified atom stereocenters. The van der Waals surface area contributed by atoms with Crippen LogP contribution in [0.5, 0.6) is 0 Å². The van der Waals surface area contributed by atoms with E-state index in [9.17, 15) is 8.42 Å². The molecule has 0 saturated carbocycles. The van der Waals surface area contributed by atoms with E-state index in [1.807, 2.05) is 29.7 Å². The third-order valence-corrected chi connectivity index (χ3v) is 8.01. The van der Waals surface area contributed by atoms with Crippen LogP contribution in [-0.2, 0) is 22.3 Å². The zero-order valence-electron chi connectivity index (χ0n) is 18.8. The predicted octanol–water partition coefficient (Wildman–Crippen LogP) is 3.80. The summed E-state index contributed by atoms with van der Waals surface area (Å²) in [7, 11) is -0.461. The van der Waals surface area contributed by atoms with Gasteiger partial charge in [0.2, 0.25) is 10.0 Å². The van der Waals surface area contributed by atoms with Gasteiger partial charge in [-0.25, -0.2) is 17.7 Å². The first kappa shape index (κ1) is 22.5. The Labute approximate surface area is 192 Å². The molecule has 32 heavy (non-hydrogen) atoms. The highest BCUT2D eigenvalue weighted by Crippen LogP contribution is 2.28. The monoisotopic (exact) mass is 470 g/mol. The lowest BCUT2D eigenvalue weighted by Crippen LogP contribution is -2.22. The Morgan fingerprint density at radius 1 is 1.06 bits per heavy atom. The van der Waals surface area contributed by atoms with Crippen LogP contribution in [0.15, 0.2) is 52.5 Å². The van der Waals surface area contributed by atoms with E-state index in [2.05, 4.69) is 40.7 Å². The van der Waals surface area contributed by atoms with Crippen LogP contribution in [0.2, 0.25) is 0 Å². The molecule has 0 atom stereocenters. The average Bonchev–Trinajstić information content (AvgIpc) is 3.30. The number of imidazole rings is 1. The van der Waals surface area contributed by atoms with Crippen molar-refractivity contribution in [3.63, 3.8) is 0 Å². The molecule has 0 N–H and O–H groups in total. The number of hydrogen-bond donors (Lipinski definition) is 0. The number of benzene rings is 2. The van der Waals surface area contributed by atoms with Gasteiger partial charge >= 0.3 is 0 Å². The van der Waals surface area contributed by atoms with Crippen molar-refractivity contribution in [2.45, 2.75) is 43.1 Å². The molecule has 0 radical (unpaired) electrons. The van der Waals surface area contributed by atoms with Gasteiger partial charge in [-0.2, -0.15) is 0 Å². The smallest absolute Gasteiger partial charge is 0.242 e. The van der Waals surface area contributed by atoms with Crippen molar-refractivity contribution >= 4 is 32.8 Å². The minimum Gasteiger partial charge on any atom is -0.328 e. The molecule has 0 spiro atoms. The maximum absolute atomic E-state index is 12.5. The van der Waals surface area contributed by atoms with Gasteiger partial charge in [0.15, 0.2) is 5.16 Å². The first-order valence-corrected chi connectivity index (χ1v) is 12.7. The molecule has 0 aliphatic rings. The number of thioether (sulfide) groups is 1. The Morgan fingerprint density at radius 2 is 1.84 bits per heavy atom. The molecule has 0 fully saturated rings. The maximum atomic E-state index is 12.5. The second kappa shape index (κ2) is 8.68. The molecule has 168 valence electrons. The van der Waals surface area contributed by atoms with Crippen LogP contribution in [0.3, 0.4) is 0 Å². The number of aromatic nitrogens is 5. The zero-order chi connectivity index (χ0) is 23.0. The molecular formula is C22H26N6O2S2. The highest BCUT2D eigenvalue weighted by atomic mass is 32.2. The van der Waals surface area contributed by atoms with Crippen molar-refractivity contribution in [3.8, 4) is 5.69 Å². The number of fused-ring (bicyclic) bond motifs is 1. The van der Waals surface area contributed by atoms with Crippen LogP contribution in [0.1, 0.15) is 24.1 Å². The normalized spacial score (nSPS) is 12.2. The molecule has 8 nitrogen and oxygen atoms in total. The van der Waals surface area contributed by atoms with Gasteiger partial charge in [0.1, 0.15) is 11.6 Å². The molecule has 0 amide bonds. The third-order valence-electron chi connectivity index (χ3n) is 5.28. The maximum Gasteiger partial charge on any atom is 0.242 e. The molecule has 2 aromatic heterocycles. The summed E-state index contributed by atoms with van der Waals surface area (Å²) in [5.41, 5.74) is 3.78. The summed E-state index contributed by atoms with van der Waals surface area (Å²) < 4.78 is 30.4. The van der Waals surface area contributed by atoms with Crippen LogP contribution in [0.4, 0.5) is 0 Å². The largest absolute Gasteiger partial charge is 0.328 e. The van der Waals surface area contributed by atoms with E-state index >= 15 is 0 Å². The topological polar surface area (TPSA) is 85.9 Å². The summed E-state index contributed by atoms with van der Waals surface area (Å²) in [6.07, 6.45) is 0. The fourth-order valence-corrected chi connectivity index (χ4v) is 5.49. The Morgan fingerprint density at radius 3 is 2.53 bits per heavy atom. The van der Waals surface area contributed by atoms with Crippen LogP contribution in [0, 0.1) is 13.8 Å². The van der Waals surface area contributed by atoms with Gasteiger partial charge in [-0.15, -0.1) is 10.2 Å². The molecule has 4 rings (SSSR count). The highest BCUT2D eigenvalue weighted by Gasteiger charge is 2.20. The molecular weight excluding hydrogens is 444 g/mol. The number of sulfonamides is 1. The quantitative estimate of drug-likeness (QED) is 0.382. The molecule has 4 aromatic rings. The molecule has 0 bridgehead atoms. The van der Waals surface area contributed by atoms with Crippen molar-refractivity contribution in [1.29, 1.82) is 0 Å². The van der Waals surface area contributed by atoms with Gasteiger partial charge in [-0.1, -0.05) is 23.9 Å². The Balaban J connectivity index is 1.67. The number of nitrogens with zero attached hydrogens (tertiary/aromatic N) is 6. The lowest BCUT2D eigenvalue weighted by atomic mass is 10.2. The first-order valence-electron chi connectivity index (χ1n) is 10.3. The number of aryl methyl sites for hydroxylation is 3. The molecule has 10 heteroatoms. The fourth-order valence-electron chi connectivity index (χ4n) is 3.62. The molecule has 2 aromatic carbocycles. The van der Waals surface area contributed by atoms with Crippen molar-refractivity contribution < 1.29 is 8.42 Å². The van der Waals surface area contributed by atoms with Crippen molar-refractivity contribution in [3.05, 3.63) is 59.7 Å². The summed E-state index contributed by atoms with van der Waals surface area (Å²) in [6, 6.07) is 13.3. The van der Waals surface area contributed by atoms with Crippen molar-refractivity contribution in [2.75, 3.05) is 14.1 Å². The summed E-state index contributed by atoms with van der Waals surface area (Å²) in [5.74, 6) is 2.27. The van der Waals surface area contributed by atoms with E-state index in [0.717, 1.165) is 34.6 Å². The Kier molecular flexibility index (Phi) is 6.11. The highest BCUT2D eigenvalue weighted by molar-refractivity contribution is 7.98. The first-order chi connectivity index (χ1) is 15.2. The van der Waals surface area contributed by atoms with Crippen molar-refractivity contribution in [2.24, 2.45) is 0 Å². The van der Waals surface area contributed by atoms with Gasteiger partial charge in [-0.05, 0) is 56.7 Å². The summed E-state index contributed by atoms with van der Waals surface area (Å²) in [5, 5.41) is 9.43. The van der Waals surface area contributed by atoms with Crippen LogP contribution < -0.4 is 0 Å². The Bertz CT molecular complexity index is 1390. The molecule has 0 aliphatic heterocycles. The fraction of sp³-hybridized carbons (Fsp3) is 0.318. The summed E-state index contributed by atoms with van der Waals surface area (Å²) in [4.78, 5) is 5.00. The lowest BCUT2D eigenvalue weighted by Gasteiger charge is -2.11. The van der Waals surface area contributed by atoms with Gasteiger partial charge in [0.25, 0.3) is 0 Å². The number of hydrogen-bond acceptors (Lipinski definition) is 6. The predicted molar refractivity (Wildman–Crippen MR) is 127 cm³/mol. The Hall–Kier alpha value is -2.69. The van der Waals surface area contributed by atoms with E-state index < -0.39 is 10.0 Å². The van der Waals surface area contributed by atoms with Gasteiger partial charge < -0.3 is 4.57 Å². The second-order valence-electron chi connectivity index (χ2n) is 7.70. The van der Waals surface area contributed by atoms with E-state index in [-0.39, 0.29) is 4.90 Å². The second-order valence-corrected chi connectivity index (χ2v) is 10.8. The van der Waals surface area contributed by atoms with E-state index in [1.54, 1.807) is 23.9 Å². The summed E-state index contributed by atoms with van der Waals surface area (Å²) in [6.45, 7) is 6.78. The van der Waals surface area contributed by atoms with Crippen molar-refractivity contribution in [1.82, 2.24) is 28.6 Å². The van der Waals surface area contributed by atoms with E-state index in [4.69, 9.17) is 4.98 Å². The van der Waals surface area contributed by atoms with Crippen LogP contribution >= 0.6 is 11.8 Å². The van der Waals surface area contributed by atoms with E-state index in [0.29, 0.717) is 11.3 Å². The average molecular weight is 471 g/mol. The molecule has 2 heterocycles. The zero-order valence-corrected chi connectivity index (χ0v) is 20.4. The summed E-state index contributed by atoms with van der Waals surface area (Å²) >= 11 is 1.56. The standard InChI is InChI=1S/C22H26N6O2S2/c1-6-27-20-11-10-18(32(29,30)26(4)5)13-19(20)23-21(27)14-31-22-25-24-16(3)28(22)17-9-7-8-15(2)12-17/h7-13H,6,14H2,1-5H3. The molecule has 0 aliphatic carbocycles. The molecule has 0 saturated heterocycles. The van der Waals surface area contributed by atoms with Gasteiger partial charge in [-0.3, -0.25) is 4.57 Å². The minimum absolute atomic E-state index is 0.241. The third kappa shape index (κ3) is 4.05. The van der Waals surface area contributed by atoms with E-state index in [1.165, 1.54) is 24.0 Å². The lowest BCUT2D eigenvalue weighted by molar-refractivity contribution is 0.521. The van der Waals surface area contributed by atoms with Crippen LogP contribution in [-0.4, -0.2) is 51.1 Å². The van der Waals surface area contributed by atoms with Gasteiger partial charge in [0, 0.05) is 26.3 Å². The number of rotatable bonds is 7. The SMILES string of the molecule is CCn1c(CSc2nnc(C)n2-c2cccc(C)c2)nc2cc(S(=O)(=O)N(C)C)ccc21.